The summed E-state index contributed by atoms with van der Waals surface area (Å²) < 4.78 is 12.9. The van der Waals surface area contributed by atoms with Gasteiger partial charge >= 0.3 is 0 Å². The lowest BCUT2D eigenvalue weighted by atomic mass is 9.96. The molecule has 1 N–H and O–H groups in total. The van der Waals surface area contributed by atoms with Crippen LogP contribution in [0.1, 0.15) is 24.0 Å². The number of carbonyl (C=O) groups excluding carboxylic acids is 1. The van der Waals surface area contributed by atoms with Gasteiger partial charge in [0.05, 0.1) is 5.92 Å². The van der Waals surface area contributed by atoms with Crippen LogP contribution in [0.3, 0.4) is 0 Å². The molecule has 132 valence electrons. The van der Waals surface area contributed by atoms with E-state index in [1.54, 1.807) is 12.1 Å². The number of hydrogen-bond acceptors (Lipinski definition) is 2. The predicted molar refractivity (Wildman–Crippen MR) is 97.7 cm³/mol. The molecule has 2 aromatic carbocycles. The molecule has 5 heteroatoms. The fourth-order valence-corrected chi connectivity index (χ4v) is 3.41. The second-order valence-electron chi connectivity index (χ2n) is 6.51. The first-order chi connectivity index (χ1) is 12.1. The van der Waals surface area contributed by atoms with Crippen molar-refractivity contribution in [1.82, 2.24) is 10.2 Å². The lowest BCUT2D eigenvalue weighted by molar-refractivity contribution is -0.126. The largest absolute Gasteiger partial charge is 0.352 e. The highest BCUT2D eigenvalue weighted by atomic mass is 35.5. The topological polar surface area (TPSA) is 32.3 Å². The van der Waals surface area contributed by atoms with Crippen molar-refractivity contribution in [3.8, 4) is 0 Å². The zero-order valence-corrected chi connectivity index (χ0v) is 14.8. The number of piperidine rings is 1. The minimum Gasteiger partial charge on any atom is -0.352 e. The third-order valence-electron chi connectivity index (χ3n) is 4.61. The number of hydrogen-bond donors (Lipinski definition) is 1. The minimum absolute atomic E-state index is 0.0170. The maximum Gasteiger partial charge on any atom is 0.224 e. The number of carbonyl (C=O) groups is 1. The lowest BCUT2D eigenvalue weighted by Crippen LogP contribution is -2.42. The van der Waals surface area contributed by atoms with Crippen molar-refractivity contribution in [2.45, 2.75) is 25.9 Å². The molecule has 1 fully saturated rings. The van der Waals surface area contributed by atoms with Crippen LogP contribution in [0.2, 0.25) is 5.02 Å². The maximum atomic E-state index is 12.9. The second kappa shape index (κ2) is 8.45. The Morgan fingerprint density at radius 3 is 2.72 bits per heavy atom. The Bertz CT molecular complexity index is 720. The summed E-state index contributed by atoms with van der Waals surface area (Å²) in [5.41, 5.74) is 2.00. The summed E-state index contributed by atoms with van der Waals surface area (Å²) >= 11 is 6.24. The maximum absolute atomic E-state index is 12.9. The smallest absolute Gasteiger partial charge is 0.224 e. The molecule has 1 heterocycles. The van der Waals surface area contributed by atoms with Gasteiger partial charge < -0.3 is 5.32 Å². The van der Waals surface area contributed by atoms with Gasteiger partial charge in [-0.3, -0.25) is 9.69 Å². The average Bonchev–Trinajstić information content (AvgIpc) is 2.63. The van der Waals surface area contributed by atoms with E-state index in [9.17, 15) is 9.18 Å². The zero-order valence-electron chi connectivity index (χ0n) is 14.1. The van der Waals surface area contributed by atoms with Crippen molar-refractivity contribution in [3.63, 3.8) is 0 Å². The van der Waals surface area contributed by atoms with Gasteiger partial charge in [0.15, 0.2) is 0 Å². The van der Waals surface area contributed by atoms with Crippen molar-refractivity contribution in [2.75, 3.05) is 13.1 Å². The highest BCUT2D eigenvalue weighted by Gasteiger charge is 2.25. The number of rotatable bonds is 5. The number of benzene rings is 2. The van der Waals surface area contributed by atoms with Crippen LogP contribution in [0.25, 0.3) is 0 Å². The summed E-state index contributed by atoms with van der Waals surface area (Å²) in [4.78, 5) is 14.7. The first kappa shape index (κ1) is 17.9. The fraction of sp³-hybridized carbons (Fsp3) is 0.350. The molecular weight excluding hydrogens is 339 g/mol. The normalized spacial score (nSPS) is 18.1. The Labute approximate surface area is 152 Å². The van der Waals surface area contributed by atoms with Gasteiger partial charge in [-0.05, 0) is 48.7 Å². The molecule has 0 saturated carbocycles. The van der Waals surface area contributed by atoms with E-state index in [0.29, 0.717) is 6.54 Å². The van der Waals surface area contributed by atoms with Crippen molar-refractivity contribution in [2.24, 2.45) is 5.92 Å². The third-order valence-corrected chi connectivity index (χ3v) is 4.98. The third kappa shape index (κ3) is 5.03. The van der Waals surface area contributed by atoms with Gasteiger partial charge in [-0.2, -0.15) is 0 Å². The minimum atomic E-state index is -0.266. The van der Waals surface area contributed by atoms with E-state index in [-0.39, 0.29) is 17.6 Å². The van der Waals surface area contributed by atoms with Crippen molar-refractivity contribution in [3.05, 3.63) is 70.5 Å². The highest BCUT2D eigenvalue weighted by molar-refractivity contribution is 6.31. The number of likely N-dealkylation sites (tertiary alicyclic amines) is 1. The Morgan fingerprint density at radius 1 is 1.20 bits per heavy atom. The summed E-state index contributed by atoms with van der Waals surface area (Å²) in [6.07, 6.45) is 1.90. The van der Waals surface area contributed by atoms with Crippen molar-refractivity contribution < 1.29 is 9.18 Å². The van der Waals surface area contributed by atoms with Gasteiger partial charge in [0, 0.05) is 24.7 Å². The summed E-state index contributed by atoms with van der Waals surface area (Å²) in [6, 6.07) is 14.0. The first-order valence-corrected chi connectivity index (χ1v) is 8.97. The Hall–Kier alpha value is -1.91. The summed E-state index contributed by atoms with van der Waals surface area (Å²) in [6.45, 7) is 2.91. The van der Waals surface area contributed by atoms with E-state index in [1.165, 1.54) is 12.1 Å². The van der Waals surface area contributed by atoms with Gasteiger partial charge in [-0.1, -0.05) is 41.9 Å². The van der Waals surface area contributed by atoms with Gasteiger partial charge in [0.1, 0.15) is 5.82 Å². The summed E-state index contributed by atoms with van der Waals surface area (Å²) in [5.74, 6) is -0.220. The molecule has 0 spiro atoms. The van der Waals surface area contributed by atoms with E-state index in [0.717, 1.165) is 48.6 Å². The quantitative estimate of drug-likeness (QED) is 0.873. The fourth-order valence-electron chi connectivity index (χ4n) is 3.22. The van der Waals surface area contributed by atoms with Gasteiger partial charge in [-0.25, -0.2) is 4.39 Å². The average molecular weight is 361 g/mol. The van der Waals surface area contributed by atoms with E-state index < -0.39 is 0 Å². The van der Waals surface area contributed by atoms with Crippen molar-refractivity contribution in [1.29, 1.82) is 0 Å². The molecule has 0 aromatic heterocycles. The van der Waals surface area contributed by atoms with Crippen LogP contribution in [-0.4, -0.2) is 23.9 Å². The molecule has 0 unspecified atom stereocenters. The van der Waals surface area contributed by atoms with E-state index in [1.807, 2.05) is 24.3 Å². The number of amides is 1. The molecule has 3 rings (SSSR count). The van der Waals surface area contributed by atoms with E-state index in [4.69, 9.17) is 11.6 Å². The number of halogens is 2. The summed E-state index contributed by atoms with van der Waals surface area (Å²) in [7, 11) is 0. The van der Waals surface area contributed by atoms with Crippen LogP contribution in [0.5, 0.6) is 0 Å². The Balaban J connectivity index is 1.52. The lowest BCUT2D eigenvalue weighted by Gasteiger charge is -2.32. The van der Waals surface area contributed by atoms with Gasteiger partial charge in [-0.15, -0.1) is 0 Å². The monoisotopic (exact) mass is 360 g/mol. The standard InChI is InChI=1S/C20H22ClFN2O/c21-19-6-2-1-4-16(19)13-24-11-3-5-17(14-24)20(25)23-12-15-7-9-18(22)10-8-15/h1-2,4,6-10,17H,3,5,11-14H2,(H,23,25)/t17-/m0/s1. The van der Waals surface area contributed by atoms with Crippen LogP contribution in [0.4, 0.5) is 4.39 Å². The van der Waals surface area contributed by atoms with E-state index in [2.05, 4.69) is 10.2 Å². The van der Waals surface area contributed by atoms with Crippen LogP contribution in [-0.2, 0) is 17.9 Å². The Kier molecular flexibility index (Phi) is 6.05. The molecule has 1 amide bonds. The predicted octanol–water partition coefficient (Wildman–Crippen LogP) is 4.01. The number of nitrogens with zero attached hydrogens (tertiary/aromatic N) is 1. The molecule has 0 bridgehead atoms. The van der Waals surface area contributed by atoms with Gasteiger partial charge in [0.25, 0.3) is 0 Å². The summed E-state index contributed by atoms with van der Waals surface area (Å²) in [5, 5.41) is 3.74. The molecule has 1 aliphatic rings. The van der Waals surface area contributed by atoms with Crippen LogP contribution in [0, 0.1) is 11.7 Å². The molecule has 0 aliphatic carbocycles. The van der Waals surface area contributed by atoms with Crippen molar-refractivity contribution >= 4 is 17.5 Å². The zero-order chi connectivity index (χ0) is 17.6. The molecule has 25 heavy (non-hydrogen) atoms. The second-order valence-corrected chi connectivity index (χ2v) is 6.92. The Morgan fingerprint density at radius 2 is 1.96 bits per heavy atom. The van der Waals surface area contributed by atoms with Crippen LogP contribution >= 0.6 is 11.6 Å². The molecule has 2 aromatic rings. The number of nitrogens with one attached hydrogen (secondary N) is 1. The molecule has 0 radical (unpaired) electrons. The van der Waals surface area contributed by atoms with E-state index >= 15 is 0 Å². The van der Waals surface area contributed by atoms with Crippen LogP contribution in [0.15, 0.2) is 48.5 Å². The van der Waals surface area contributed by atoms with Crippen LogP contribution < -0.4 is 5.32 Å². The molecule has 1 saturated heterocycles. The molecular formula is C20H22ClFN2O. The molecule has 1 atom stereocenters. The van der Waals surface area contributed by atoms with Gasteiger partial charge in [0.2, 0.25) is 5.91 Å². The highest BCUT2D eigenvalue weighted by Crippen LogP contribution is 2.22. The SMILES string of the molecule is O=C(NCc1ccc(F)cc1)[C@H]1CCCN(Cc2ccccc2Cl)C1. The molecule has 1 aliphatic heterocycles. The first-order valence-electron chi connectivity index (χ1n) is 8.60. The molecule has 3 nitrogen and oxygen atoms in total.